The van der Waals surface area contributed by atoms with Crippen LogP contribution in [0.2, 0.25) is 0 Å². The molecule has 2 heterocycles. The Balaban J connectivity index is 2.10. The summed E-state index contributed by atoms with van der Waals surface area (Å²) < 4.78 is 15.3. The summed E-state index contributed by atoms with van der Waals surface area (Å²) in [6.07, 6.45) is 3.76. The van der Waals surface area contributed by atoms with E-state index in [-0.39, 0.29) is 5.82 Å². The Kier molecular flexibility index (Phi) is 4.15. The van der Waals surface area contributed by atoms with Crippen molar-refractivity contribution in [3.63, 3.8) is 0 Å². The molecular weight excluding hydrogens is 279 g/mol. The Morgan fingerprint density at radius 1 is 1.18 bits per heavy atom. The number of unbranched alkanes of at least 4 members (excludes halogenated alkanes) is 1. The van der Waals surface area contributed by atoms with Crippen LogP contribution < -0.4 is 5.73 Å². The molecule has 4 nitrogen and oxygen atoms in total. The first-order chi connectivity index (χ1) is 10.7. The fourth-order valence-corrected chi connectivity index (χ4v) is 2.56. The minimum atomic E-state index is -0.247. The van der Waals surface area contributed by atoms with E-state index in [4.69, 9.17) is 10.7 Å². The van der Waals surface area contributed by atoms with Crippen molar-refractivity contribution in [3.8, 4) is 11.4 Å². The zero-order valence-corrected chi connectivity index (χ0v) is 12.6. The third-order valence-electron chi connectivity index (χ3n) is 3.66. The summed E-state index contributed by atoms with van der Waals surface area (Å²) in [6, 6.07) is 8.44. The molecule has 0 bridgehead atoms. The molecule has 5 heteroatoms. The number of halogens is 1. The molecule has 0 spiro atoms. The third kappa shape index (κ3) is 2.85. The Bertz CT molecular complexity index is 777. The number of imidazole rings is 1. The quantitative estimate of drug-likeness (QED) is 0.735. The van der Waals surface area contributed by atoms with Gasteiger partial charge in [0.1, 0.15) is 17.2 Å². The van der Waals surface area contributed by atoms with Crippen molar-refractivity contribution in [2.24, 2.45) is 5.73 Å². The van der Waals surface area contributed by atoms with E-state index in [9.17, 15) is 4.39 Å². The molecule has 2 aromatic heterocycles. The maximum absolute atomic E-state index is 13.2. The number of hydrogen-bond acceptors (Lipinski definition) is 3. The van der Waals surface area contributed by atoms with Gasteiger partial charge in [-0.15, -0.1) is 0 Å². The number of nitrogens with zero attached hydrogens (tertiary/aromatic N) is 3. The lowest BCUT2D eigenvalue weighted by Gasteiger charge is -2.08. The van der Waals surface area contributed by atoms with E-state index in [2.05, 4.69) is 9.55 Å². The Morgan fingerprint density at radius 3 is 2.68 bits per heavy atom. The number of hydrogen-bond donors (Lipinski definition) is 1. The summed E-state index contributed by atoms with van der Waals surface area (Å²) in [7, 11) is 0. The third-order valence-corrected chi connectivity index (χ3v) is 3.66. The first-order valence-electron chi connectivity index (χ1n) is 7.48. The van der Waals surface area contributed by atoms with Crippen molar-refractivity contribution in [1.29, 1.82) is 0 Å². The topological polar surface area (TPSA) is 56.7 Å². The van der Waals surface area contributed by atoms with E-state index in [1.54, 1.807) is 12.1 Å². The fourth-order valence-electron chi connectivity index (χ4n) is 2.56. The molecule has 0 amide bonds. The van der Waals surface area contributed by atoms with Crippen LogP contribution in [-0.2, 0) is 6.54 Å². The number of pyridine rings is 1. The van der Waals surface area contributed by atoms with Gasteiger partial charge in [0.2, 0.25) is 0 Å². The van der Waals surface area contributed by atoms with Crippen LogP contribution in [0.5, 0.6) is 0 Å². The highest BCUT2D eigenvalue weighted by atomic mass is 19.1. The fraction of sp³-hybridized carbons (Fsp3) is 0.294. The second-order valence-corrected chi connectivity index (χ2v) is 5.45. The van der Waals surface area contributed by atoms with Gasteiger partial charge in [0.25, 0.3) is 0 Å². The zero-order chi connectivity index (χ0) is 15.5. The van der Waals surface area contributed by atoms with Crippen LogP contribution in [0.25, 0.3) is 22.6 Å². The number of fused-ring (bicyclic) bond motifs is 1. The molecule has 1 aromatic carbocycles. The molecule has 3 aromatic rings. The van der Waals surface area contributed by atoms with Gasteiger partial charge < -0.3 is 10.3 Å². The van der Waals surface area contributed by atoms with Crippen molar-refractivity contribution in [2.45, 2.75) is 26.3 Å². The van der Waals surface area contributed by atoms with E-state index in [0.29, 0.717) is 6.54 Å². The van der Waals surface area contributed by atoms with E-state index in [0.717, 1.165) is 47.5 Å². The molecule has 0 fully saturated rings. The van der Waals surface area contributed by atoms with Crippen LogP contribution >= 0.6 is 0 Å². The molecule has 2 N–H and O–H groups in total. The highest BCUT2D eigenvalue weighted by molar-refractivity contribution is 5.77. The highest BCUT2D eigenvalue weighted by Crippen LogP contribution is 2.25. The molecule has 3 rings (SSSR count). The van der Waals surface area contributed by atoms with Crippen LogP contribution in [0.15, 0.2) is 36.5 Å². The summed E-state index contributed by atoms with van der Waals surface area (Å²) in [5.41, 5.74) is 9.28. The predicted molar refractivity (Wildman–Crippen MR) is 85.9 cm³/mol. The summed E-state index contributed by atoms with van der Waals surface area (Å²) in [5, 5.41) is 0. The summed E-state index contributed by atoms with van der Waals surface area (Å²) in [6.45, 7) is 3.47. The van der Waals surface area contributed by atoms with E-state index in [1.165, 1.54) is 12.1 Å². The summed E-state index contributed by atoms with van der Waals surface area (Å²) in [4.78, 5) is 9.22. The number of aromatic nitrogens is 3. The van der Waals surface area contributed by atoms with Crippen molar-refractivity contribution in [1.82, 2.24) is 14.5 Å². The monoisotopic (exact) mass is 298 g/mol. The first kappa shape index (κ1) is 14.7. The minimum absolute atomic E-state index is 0.247. The molecule has 0 aliphatic rings. The van der Waals surface area contributed by atoms with Gasteiger partial charge in [0.05, 0.1) is 0 Å². The van der Waals surface area contributed by atoms with Gasteiger partial charge in [-0.05, 0) is 62.2 Å². The summed E-state index contributed by atoms with van der Waals surface area (Å²) >= 11 is 0. The zero-order valence-electron chi connectivity index (χ0n) is 12.6. The van der Waals surface area contributed by atoms with Crippen molar-refractivity contribution < 1.29 is 4.39 Å². The van der Waals surface area contributed by atoms with Crippen LogP contribution in [0.3, 0.4) is 0 Å². The predicted octanol–water partition coefficient (Wildman–Crippen LogP) is 3.28. The van der Waals surface area contributed by atoms with Crippen molar-refractivity contribution in [2.75, 3.05) is 6.54 Å². The molecule has 0 aliphatic heterocycles. The second kappa shape index (κ2) is 6.23. The molecule has 0 radical (unpaired) electrons. The second-order valence-electron chi connectivity index (χ2n) is 5.45. The Labute approximate surface area is 128 Å². The Morgan fingerprint density at radius 2 is 1.95 bits per heavy atom. The van der Waals surface area contributed by atoms with Crippen LogP contribution in [0.1, 0.15) is 18.4 Å². The van der Waals surface area contributed by atoms with Gasteiger partial charge in [-0.25, -0.2) is 14.4 Å². The summed E-state index contributed by atoms with van der Waals surface area (Å²) in [5.74, 6) is 0.577. The van der Waals surface area contributed by atoms with Crippen LogP contribution in [0.4, 0.5) is 4.39 Å². The molecule has 0 atom stereocenters. The normalized spacial score (nSPS) is 11.2. The largest absolute Gasteiger partial charge is 0.330 e. The van der Waals surface area contributed by atoms with Crippen LogP contribution in [-0.4, -0.2) is 21.1 Å². The molecular formula is C17H19FN4. The van der Waals surface area contributed by atoms with Crippen LogP contribution in [0, 0.1) is 12.7 Å². The number of aryl methyl sites for hydroxylation is 2. The lowest BCUT2D eigenvalue weighted by molar-refractivity contribution is 0.624. The van der Waals surface area contributed by atoms with E-state index in [1.807, 2.05) is 19.2 Å². The van der Waals surface area contributed by atoms with Gasteiger partial charge in [-0.1, -0.05) is 0 Å². The number of benzene rings is 1. The molecule has 0 saturated heterocycles. The smallest absolute Gasteiger partial charge is 0.160 e. The highest BCUT2D eigenvalue weighted by Gasteiger charge is 2.13. The molecule has 0 aliphatic carbocycles. The standard InChI is InChI=1S/C17H19FN4/c1-12-10-15-17(20-11-12)22(9-3-2-8-19)16(21-15)13-4-6-14(18)7-5-13/h4-7,10-11H,2-3,8-9,19H2,1H3. The lowest BCUT2D eigenvalue weighted by atomic mass is 10.2. The first-order valence-corrected chi connectivity index (χ1v) is 7.48. The lowest BCUT2D eigenvalue weighted by Crippen LogP contribution is -2.05. The van der Waals surface area contributed by atoms with Gasteiger partial charge >= 0.3 is 0 Å². The van der Waals surface area contributed by atoms with Crippen molar-refractivity contribution in [3.05, 3.63) is 47.9 Å². The average molecular weight is 298 g/mol. The van der Waals surface area contributed by atoms with Gasteiger partial charge in [0, 0.05) is 18.3 Å². The Hall–Kier alpha value is -2.27. The van der Waals surface area contributed by atoms with Gasteiger partial charge in [0.15, 0.2) is 5.65 Å². The van der Waals surface area contributed by atoms with Gasteiger partial charge in [-0.3, -0.25) is 0 Å². The molecule has 0 unspecified atom stereocenters. The number of rotatable bonds is 5. The molecule has 0 saturated carbocycles. The SMILES string of the molecule is Cc1cnc2c(c1)nc(-c1ccc(F)cc1)n2CCCCN. The average Bonchev–Trinajstić information content (AvgIpc) is 2.86. The molecule has 22 heavy (non-hydrogen) atoms. The van der Waals surface area contributed by atoms with E-state index >= 15 is 0 Å². The maximum Gasteiger partial charge on any atom is 0.160 e. The number of nitrogens with two attached hydrogens (primary N) is 1. The minimum Gasteiger partial charge on any atom is -0.330 e. The molecule has 114 valence electrons. The van der Waals surface area contributed by atoms with E-state index < -0.39 is 0 Å². The van der Waals surface area contributed by atoms with Crippen molar-refractivity contribution >= 4 is 11.2 Å². The maximum atomic E-state index is 13.2. The van der Waals surface area contributed by atoms with Gasteiger partial charge in [-0.2, -0.15) is 0 Å².